The van der Waals surface area contributed by atoms with E-state index in [9.17, 15) is 19.5 Å². The highest BCUT2D eigenvalue weighted by atomic mass is 16.4. The van der Waals surface area contributed by atoms with Crippen LogP contribution in [0.2, 0.25) is 0 Å². The first-order chi connectivity index (χ1) is 15.0. The monoisotopic (exact) mass is 422 g/mol. The maximum atomic E-state index is 12.7. The van der Waals surface area contributed by atoms with E-state index in [0.717, 1.165) is 18.5 Å². The second-order valence-corrected chi connectivity index (χ2v) is 8.03. The van der Waals surface area contributed by atoms with Gasteiger partial charge in [-0.1, -0.05) is 30.3 Å². The molecular weight excluding hydrogens is 396 g/mol. The Balaban J connectivity index is 1.31. The van der Waals surface area contributed by atoms with Gasteiger partial charge in [0, 0.05) is 23.8 Å². The Morgan fingerprint density at radius 3 is 2.26 bits per heavy atom. The number of fused-ring (bicyclic) bond motifs is 2. The van der Waals surface area contributed by atoms with Crippen LogP contribution in [0, 0.1) is 0 Å². The highest BCUT2D eigenvalue weighted by Crippen LogP contribution is 2.35. The van der Waals surface area contributed by atoms with Gasteiger partial charge in [-0.2, -0.15) is 0 Å². The van der Waals surface area contributed by atoms with Crippen LogP contribution in [-0.4, -0.2) is 52.6 Å². The number of piperidine rings is 1. The van der Waals surface area contributed by atoms with Crippen LogP contribution in [0.15, 0.2) is 54.6 Å². The number of carbonyl (C=O) groups is 3. The number of anilines is 2. The summed E-state index contributed by atoms with van der Waals surface area (Å²) in [6, 6.07) is 16.5. The summed E-state index contributed by atoms with van der Waals surface area (Å²) in [5.74, 6) is -0.607. The SMILES string of the molecule is O=C(CNC(=O)c1ccccc1Nc1ccccc1)N[C@H]1C[C@H]2CC[C@@H](C1)N2C(=O)O. The molecule has 2 aliphatic heterocycles. The van der Waals surface area contributed by atoms with Crippen molar-refractivity contribution in [3.63, 3.8) is 0 Å². The van der Waals surface area contributed by atoms with Gasteiger partial charge in [-0.25, -0.2) is 4.79 Å². The Morgan fingerprint density at radius 2 is 1.58 bits per heavy atom. The van der Waals surface area contributed by atoms with Crippen LogP contribution < -0.4 is 16.0 Å². The largest absolute Gasteiger partial charge is 0.465 e. The molecular formula is C23H26N4O4. The molecule has 2 aromatic carbocycles. The third kappa shape index (κ3) is 4.79. The maximum Gasteiger partial charge on any atom is 0.407 e. The zero-order chi connectivity index (χ0) is 21.8. The number of hydrogen-bond acceptors (Lipinski definition) is 4. The van der Waals surface area contributed by atoms with Crippen molar-refractivity contribution in [3.05, 3.63) is 60.2 Å². The molecule has 2 fully saturated rings. The molecule has 31 heavy (non-hydrogen) atoms. The predicted molar refractivity (Wildman–Crippen MR) is 116 cm³/mol. The lowest BCUT2D eigenvalue weighted by atomic mass is 9.98. The Hall–Kier alpha value is -3.55. The smallest absolute Gasteiger partial charge is 0.407 e. The van der Waals surface area contributed by atoms with E-state index in [2.05, 4.69) is 16.0 Å². The topological polar surface area (TPSA) is 111 Å². The fourth-order valence-corrected chi connectivity index (χ4v) is 4.61. The Morgan fingerprint density at radius 1 is 0.935 bits per heavy atom. The molecule has 3 amide bonds. The number of nitrogens with zero attached hydrogens (tertiary/aromatic N) is 1. The molecule has 0 spiro atoms. The van der Waals surface area contributed by atoms with Crippen molar-refractivity contribution in [1.82, 2.24) is 15.5 Å². The van der Waals surface area contributed by atoms with E-state index in [1.165, 1.54) is 4.90 Å². The molecule has 8 heteroatoms. The standard InChI is InChI=1S/C23H26N4O4/c28-21(26-16-12-17-10-11-18(13-16)27(17)23(30)31)14-24-22(29)19-8-4-5-9-20(19)25-15-6-2-1-3-7-15/h1-9,16-18,25H,10-14H2,(H,24,29)(H,26,28)(H,30,31)/t16-,17+,18-. The highest BCUT2D eigenvalue weighted by molar-refractivity contribution is 6.01. The lowest BCUT2D eigenvalue weighted by Gasteiger charge is -2.37. The van der Waals surface area contributed by atoms with E-state index in [-0.39, 0.29) is 36.5 Å². The average Bonchev–Trinajstić information content (AvgIpc) is 3.04. The second-order valence-electron chi connectivity index (χ2n) is 8.03. The van der Waals surface area contributed by atoms with Crippen LogP contribution in [0.5, 0.6) is 0 Å². The number of hydrogen-bond donors (Lipinski definition) is 4. The zero-order valence-electron chi connectivity index (χ0n) is 17.1. The van der Waals surface area contributed by atoms with Gasteiger partial charge in [-0.3, -0.25) is 9.59 Å². The van der Waals surface area contributed by atoms with Gasteiger partial charge in [0.25, 0.3) is 5.91 Å². The van der Waals surface area contributed by atoms with Crippen molar-refractivity contribution < 1.29 is 19.5 Å². The minimum atomic E-state index is -0.882. The van der Waals surface area contributed by atoms with Crippen LogP contribution in [0.4, 0.5) is 16.2 Å². The molecule has 2 bridgehead atoms. The maximum absolute atomic E-state index is 12.7. The molecule has 8 nitrogen and oxygen atoms in total. The summed E-state index contributed by atoms with van der Waals surface area (Å²) in [7, 11) is 0. The first-order valence-electron chi connectivity index (χ1n) is 10.5. The number of rotatable bonds is 6. The third-order valence-electron chi connectivity index (χ3n) is 5.95. The summed E-state index contributed by atoms with van der Waals surface area (Å²) in [5.41, 5.74) is 1.97. The van der Waals surface area contributed by atoms with Crippen LogP contribution >= 0.6 is 0 Å². The van der Waals surface area contributed by atoms with E-state index in [1.54, 1.807) is 12.1 Å². The Bertz CT molecular complexity index is 951. The van der Waals surface area contributed by atoms with Crippen LogP contribution in [0.3, 0.4) is 0 Å². The van der Waals surface area contributed by atoms with E-state index < -0.39 is 6.09 Å². The zero-order valence-corrected chi connectivity index (χ0v) is 17.1. The van der Waals surface area contributed by atoms with Gasteiger partial charge in [-0.05, 0) is 49.9 Å². The van der Waals surface area contributed by atoms with Crippen molar-refractivity contribution in [1.29, 1.82) is 0 Å². The molecule has 2 aromatic rings. The van der Waals surface area contributed by atoms with Gasteiger partial charge in [0.15, 0.2) is 0 Å². The van der Waals surface area contributed by atoms with Crippen LogP contribution in [0.25, 0.3) is 0 Å². The van der Waals surface area contributed by atoms with Gasteiger partial charge in [0.05, 0.1) is 17.8 Å². The average molecular weight is 422 g/mol. The number of carbonyl (C=O) groups excluding carboxylic acids is 2. The summed E-state index contributed by atoms with van der Waals surface area (Å²) in [5, 5.41) is 18.2. The van der Waals surface area contributed by atoms with E-state index in [1.807, 2.05) is 42.5 Å². The van der Waals surface area contributed by atoms with E-state index in [4.69, 9.17) is 0 Å². The van der Waals surface area contributed by atoms with Crippen LogP contribution in [-0.2, 0) is 4.79 Å². The number of para-hydroxylation sites is 2. The summed E-state index contributed by atoms with van der Waals surface area (Å²) >= 11 is 0. The van der Waals surface area contributed by atoms with E-state index >= 15 is 0 Å². The van der Waals surface area contributed by atoms with Crippen LogP contribution in [0.1, 0.15) is 36.0 Å². The third-order valence-corrected chi connectivity index (χ3v) is 5.95. The molecule has 2 heterocycles. The summed E-state index contributed by atoms with van der Waals surface area (Å²) < 4.78 is 0. The fraction of sp³-hybridized carbons (Fsp3) is 0.348. The lowest BCUT2D eigenvalue weighted by Crippen LogP contribution is -2.53. The number of benzene rings is 2. The summed E-state index contributed by atoms with van der Waals surface area (Å²) in [4.78, 5) is 38.0. The molecule has 0 radical (unpaired) electrons. The second kappa shape index (κ2) is 9.07. The van der Waals surface area contributed by atoms with Gasteiger partial charge in [0.1, 0.15) is 0 Å². The van der Waals surface area contributed by atoms with Gasteiger partial charge < -0.3 is 26.0 Å². The van der Waals surface area contributed by atoms with Crippen molar-refractivity contribution >= 4 is 29.3 Å². The fourth-order valence-electron chi connectivity index (χ4n) is 4.61. The normalized spacial score (nSPS) is 21.9. The van der Waals surface area contributed by atoms with Gasteiger partial charge in [-0.15, -0.1) is 0 Å². The van der Waals surface area contributed by atoms with Crippen molar-refractivity contribution in [2.75, 3.05) is 11.9 Å². The lowest BCUT2D eigenvalue weighted by molar-refractivity contribution is -0.121. The number of carboxylic acid groups (broad SMARTS) is 1. The van der Waals surface area contributed by atoms with Gasteiger partial charge in [0.2, 0.25) is 5.91 Å². The first-order valence-corrected chi connectivity index (χ1v) is 10.5. The molecule has 2 saturated heterocycles. The highest BCUT2D eigenvalue weighted by Gasteiger charge is 2.43. The molecule has 2 aliphatic rings. The molecule has 0 saturated carbocycles. The van der Waals surface area contributed by atoms with Crippen molar-refractivity contribution in [2.24, 2.45) is 0 Å². The molecule has 0 aliphatic carbocycles. The minimum absolute atomic E-state index is 0.0351. The number of amides is 3. The molecule has 3 atom stereocenters. The summed E-state index contributed by atoms with van der Waals surface area (Å²) in [6.07, 6.45) is 2.03. The number of nitrogens with one attached hydrogen (secondary N) is 3. The molecule has 162 valence electrons. The van der Waals surface area contributed by atoms with Crippen molar-refractivity contribution in [2.45, 2.75) is 43.8 Å². The Labute approximate surface area is 180 Å². The first kappa shape index (κ1) is 20.7. The molecule has 4 N–H and O–H groups in total. The molecule has 0 unspecified atom stereocenters. The predicted octanol–water partition coefficient (Wildman–Crippen LogP) is 2.95. The molecule has 0 aromatic heterocycles. The Kier molecular flexibility index (Phi) is 6.06. The summed E-state index contributed by atoms with van der Waals surface area (Å²) in [6.45, 7) is -0.132. The quantitative estimate of drug-likeness (QED) is 0.572. The minimum Gasteiger partial charge on any atom is -0.465 e. The van der Waals surface area contributed by atoms with Gasteiger partial charge >= 0.3 is 6.09 Å². The molecule has 4 rings (SSSR count). The van der Waals surface area contributed by atoms with Crippen molar-refractivity contribution in [3.8, 4) is 0 Å². The van der Waals surface area contributed by atoms with E-state index in [0.29, 0.717) is 24.1 Å².